The highest BCUT2D eigenvalue weighted by atomic mass is 16.6. The maximum Gasteiger partial charge on any atom is 0.306 e. The summed E-state index contributed by atoms with van der Waals surface area (Å²) < 4.78 is 6.05. The van der Waals surface area contributed by atoms with Gasteiger partial charge in [-0.15, -0.1) is 0 Å². The standard InChI is InChI=1S/C22H28O3/c1-2-21-10-7-17-16-6-4-15(23)13-14(16)3-5-18(17)19(21)8-11-22(21)12-9-20(24)25-22/h3,5,13,16-19H,2,4,6-12H2,1H3/t16-,17?,18?,19?,21-,22+/m0/s1. The van der Waals surface area contributed by atoms with Crippen molar-refractivity contribution >= 4 is 11.8 Å². The number of esters is 1. The summed E-state index contributed by atoms with van der Waals surface area (Å²) in [5.74, 6) is 2.81. The largest absolute Gasteiger partial charge is 0.458 e. The number of allylic oxidation sites excluding steroid dienone is 4. The molecule has 0 amide bonds. The molecule has 0 aromatic heterocycles. The van der Waals surface area contributed by atoms with E-state index in [1.54, 1.807) is 0 Å². The molecule has 1 aliphatic heterocycles. The van der Waals surface area contributed by atoms with Crippen LogP contribution in [0.5, 0.6) is 0 Å². The van der Waals surface area contributed by atoms with E-state index in [9.17, 15) is 9.59 Å². The first-order valence-electron chi connectivity index (χ1n) is 10.2. The summed E-state index contributed by atoms with van der Waals surface area (Å²) in [7, 11) is 0. The molecule has 0 aromatic carbocycles. The van der Waals surface area contributed by atoms with Crippen molar-refractivity contribution in [2.45, 2.75) is 70.3 Å². The van der Waals surface area contributed by atoms with Gasteiger partial charge < -0.3 is 4.74 Å². The van der Waals surface area contributed by atoms with Gasteiger partial charge in [-0.3, -0.25) is 9.59 Å². The third-order valence-corrected chi connectivity index (χ3v) is 8.52. The number of hydrogen-bond acceptors (Lipinski definition) is 3. The molecule has 134 valence electrons. The Morgan fingerprint density at radius 3 is 2.76 bits per heavy atom. The van der Waals surface area contributed by atoms with Crippen LogP contribution in [-0.2, 0) is 14.3 Å². The molecule has 3 fully saturated rings. The predicted octanol–water partition coefficient (Wildman–Crippen LogP) is 4.37. The molecule has 1 saturated heterocycles. The molecule has 3 nitrogen and oxygen atoms in total. The van der Waals surface area contributed by atoms with Crippen molar-refractivity contribution < 1.29 is 14.3 Å². The van der Waals surface area contributed by atoms with Gasteiger partial charge in [0.1, 0.15) is 5.60 Å². The van der Waals surface area contributed by atoms with Gasteiger partial charge in [-0.2, -0.15) is 0 Å². The zero-order chi connectivity index (χ0) is 17.2. The van der Waals surface area contributed by atoms with E-state index < -0.39 is 0 Å². The molecular formula is C22H28O3. The Balaban J connectivity index is 1.52. The first-order valence-corrected chi connectivity index (χ1v) is 10.2. The molecule has 1 spiro atoms. The Hall–Kier alpha value is -1.38. The van der Waals surface area contributed by atoms with Crippen molar-refractivity contribution in [2.24, 2.45) is 29.1 Å². The molecule has 0 radical (unpaired) electrons. The van der Waals surface area contributed by atoms with E-state index in [2.05, 4.69) is 19.1 Å². The molecule has 6 atom stereocenters. The minimum Gasteiger partial charge on any atom is -0.458 e. The first kappa shape index (κ1) is 15.8. The van der Waals surface area contributed by atoms with Gasteiger partial charge >= 0.3 is 5.97 Å². The summed E-state index contributed by atoms with van der Waals surface area (Å²) in [6.45, 7) is 2.31. The fourth-order valence-corrected chi connectivity index (χ4v) is 7.48. The van der Waals surface area contributed by atoms with Gasteiger partial charge in [-0.1, -0.05) is 19.1 Å². The summed E-state index contributed by atoms with van der Waals surface area (Å²) in [6, 6.07) is 0. The van der Waals surface area contributed by atoms with Crippen LogP contribution in [0.2, 0.25) is 0 Å². The summed E-state index contributed by atoms with van der Waals surface area (Å²) in [6.07, 6.45) is 15.6. The summed E-state index contributed by atoms with van der Waals surface area (Å²) >= 11 is 0. The fourth-order valence-electron chi connectivity index (χ4n) is 7.48. The number of carbonyl (C=O) groups excluding carboxylic acids is 2. The normalized spacial score (nSPS) is 48.0. The topological polar surface area (TPSA) is 43.4 Å². The molecule has 0 aromatic rings. The van der Waals surface area contributed by atoms with Crippen molar-refractivity contribution in [3.63, 3.8) is 0 Å². The summed E-state index contributed by atoms with van der Waals surface area (Å²) in [5, 5.41) is 0. The molecule has 25 heavy (non-hydrogen) atoms. The van der Waals surface area contributed by atoms with Crippen LogP contribution in [0.3, 0.4) is 0 Å². The quantitative estimate of drug-likeness (QED) is 0.666. The second kappa shape index (κ2) is 5.31. The van der Waals surface area contributed by atoms with Crippen LogP contribution in [0, 0.1) is 29.1 Å². The molecule has 3 unspecified atom stereocenters. The molecule has 5 rings (SSSR count). The van der Waals surface area contributed by atoms with Crippen LogP contribution < -0.4 is 0 Å². The highest BCUT2D eigenvalue weighted by Crippen LogP contribution is 2.68. The number of carbonyl (C=O) groups is 2. The monoisotopic (exact) mass is 340 g/mol. The van der Waals surface area contributed by atoms with Crippen LogP contribution in [0.25, 0.3) is 0 Å². The molecule has 4 aliphatic carbocycles. The van der Waals surface area contributed by atoms with Gasteiger partial charge in [0.15, 0.2) is 5.78 Å². The van der Waals surface area contributed by atoms with Crippen LogP contribution in [0.15, 0.2) is 23.8 Å². The van der Waals surface area contributed by atoms with Crippen molar-refractivity contribution in [3.05, 3.63) is 23.8 Å². The second-order valence-electron chi connectivity index (χ2n) is 9.02. The van der Waals surface area contributed by atoms with E-state index in [0.717, 1.165) is 32.1 Å². The van der Waals surface area contributed by atoms with Gasteiger partial charge in [0.25, 0.3) is 0 Å². The molecule has 0 bridgehead atoms. The zero-order valence-corrected chi connectivity index (χ0v) is 15.1. The summed E-state index contributed by atoms with van der Waals surface area (Å²) in [4.78, 5) is 23.8. The molecule has 0 N–H and O–H groups in total. The zero-order valence-electron chi connectivity index (χ0n) is 15.1. The Bertz CT molecular complexity index is 689. The lowest BCUT2D eigenvalue weighted by Crippen LogP contribution is -2.53. The molecule has 2 saturated carbocycles. The average molecular weight is 340 g/mol. The lowest BCUT2D eigenvalue weighted by molar-refractivity contribution is -0.167. The van der Waals surface area contributed by atoms with E-state index in [1.807, 2.05) is 6.08 Å². The number of ether oxygens (including phenoxy) is 1. The second-order valence-corrected chi connectivity index (χ2v) is 9.02. The van der Waals surface area contributed by atoms with Gasteiger partial charge in [0.05, 0.1) is 0 Å². The van der Waals surface area contributed by atoms with Crippen molar-refractivity contribution in [2.75, 3.05) is 0 Å². The Morgan fingerprint density at radius 2 is 2.00 bits per heavy atom. The number of fused-ring (bicyclic) bond motifs is 6. The van der Waals surface area contributed by atoms with Gasteiger partial charge in [-0.05, 0) is 80.3 Å². The summed E-state index contributed by atoms with van der Waals surface area (Å²) in [5.41, 5.74) is 1.28. The number of ketones is 1. The molecule has 5 aliphatic rings. The number of rotatable bonds is 1. The Labute approximate surface area is 149 Å². The first-order chi connectivity index (χ1) is 12.1. The minimum absolute atomic E-state index is 0.0193. The Morgan fingerprint density at radius 1 is 1.12 bits per heavy atom. The Kier molecular flexibility index (Phi) is 3.37. The van der Waals surface area contributed by atoms with E-state index in [1.165, 1.54) is 24.8 Å². The van der Waals surface area contributed by atoms with Gasteiger partial charge in [0.2, 0.25) is 0 Å². The average Bonchev–Trinajstić information content (AvgIpc) is 3.16. The van der Waals surface area contributed by atoms with E-state index in [0.29, 0.717) is 35.9 Å². The molecular weight excluding hydrogens is 312 g/mol. The van der Waals surface area contributed by atoms with Crippen molar-refractivity contribution in [1.29, 1.82) is 0 Å². The lowest BCUT2D eigenvalue weighted by Gasteiger charge is -2.55. The van der Waals surface area contributed by atoms with Crippen molar-refractivity contribution in [3.8, 4) is 0 Å². The van der Waals surface area contributed by atoms with Gasteiger partial charge in [0, 0.05) is 18.3 Å². The fraction of sp³-hybridized carbons (Fsp3) is 0.727. The van der Waals surface area contributed by atoms with E-state index in [-0.39, 0.29) is 17.0 Å². The third kappa shape index (κ3) is 1.98. The predicted molar refractivity (Wildman–Crippen MR) is 94.7 cm³/mol. The number of hydrogen-bond donors (Lipinski definition) is 0. The SMILES string of the molecule is CC[C@]12CCC3C(C=CC4=CC(=O)CC[C@@H]43)C1CC[C@@]21CCC(=O)O1. The smallest absolute Gasteiger partial charge is 0.306 e. The van der Waals surface area contributed by atoms with Gasteiger partial charge in [-0.25, -0.2) is 0 Å². The highest BCUT2D eigenvalue weighted by Gasteiger charge is 2.66. The van der Waals surface area contributed by atoms with E-state index in [4.69, 9.17) is 4.74 Å². The van der Waals surface area contributed by atoms with Crippen LogP contribution in [-0.4, -0.2) is 17.4 Å². The van der Waals surface area contributed by atoms with Crippen LogP contribution >= 0.6 is 0 Å². The third-order valence-electron chi connectivity index (χ3n) is 8.52. The maximum absolute atomic E-state index is 12.0. The van der Waals surface area contributed by atoms with E-state index >= 15 is 0 Å². The maximum atomic E-state index is 12.0. The van der Waals surface area contributed by atoms with Crippen LogP contribution in [0.4, 0.5) is 0 Å². The van der Waals surface area contributed by atoms with Crippen molar-refractivity contribution in [1.82, 2.24) is 0 Å². The van der Waals surface area contributed by atoms with Crippen LogP contribution in [0.1, 0.15) is 64.7 Å². The highest BCUT2D eigenvalue weighted by molar-refractivity contribution is 5.92. The lowest BCUT2D eigenvalue weighted by atomic mass is 9.50. The molecule has 3 heteroatoms. The minimum atomic E-state index is -0.180. The molecule has 1 heterocycles.